The van der Waals surface area contributed by atoms with Gasteiger partial charge in [-0.15, -0.1) is 0 Å². The van der Waals surface area contributed by atoms with Crippen LogP contribution in [0.3, 0.4) is 0 Å². The van der Waals surface area contributed by atoms with Crippen molar-refractivity contribution in [2.24, 2.45) is 5.92 Å². The first-order chi connectivity index (χ1) is 10.6. The van der Waals surface area contributed by atoms with Gasteiger partial charge in [0.2, 0.25) is 0 Å². The molecule has 1 heterocycles. The summed E-state index contributed by atoms with van der Waals surface area (Å²) in [5.74, 6) is 1.72. The summed E-state index contributed by atoms with van der Waals surface area (Å²) in [5, 5.41) is 0. The summed E-state index contributed by atoms with van der Waals surface area (Å²) in [6.45, 7) is 0.812. The van der Waals surface area contributed by atoms with Gasteiger partial charge in [0.05, 0.1) is 20.3 Å². The van der Waals surface area contributed by atoms with Gasteiger partial charge < -0.3 is 9.47 Å². The zero-order chi connectivity index (χ0) is 15.7. The monoisotopic (exact) mass is 307 g/mol. The van der Waals surface area contributed by atoms with E-state index in [1.165, 1.54) is 12.8 Å². The molecule has 0 radical (unpaired) electrons. The van der Waals surface area contributed by atoms with E-state index in [0.29, 0.717) is 23.8 Å². The van der Waals surface area contributed by atoms with Crippen molar-refractivity contribution in [2.45, 2.75) is 43.8 Å². The zero-order valence-corrected chi connectivity index (χ0v) is 13.8. The van der Waals surface area contributed by atoms with Crippen LogP contribution >= 0.6 is 0 Å². The molecule has 1 saturated carbocycles. The Kier molecular flexibility index (Phi) is 4.31. The molecule has 1 unspecified atom stereocenters. The highest BCUT2D eigenvalue weighted by atomic mass is 19.1. The first-order valence-corrected chi connectivity index (χ1v) is 8.22. The van der Waals surface area contributed by atoms with E-state index >= 15 is 4.39 Å². The Morgan fingerprint density at radius 3 is 2.45 bits per heavy atom. The maximum absolute atomic E-state index is 16.0. The van der Waals surface area contributed by atoms with Gasteiger partial charge in [-0.25, -0.2) is 4.39 Å². The van der Waals surface area contributed by atoms with Crippen LogP contribution in [-0.2, 0) is 5.67 Å². The van der Waals surface area contributed by atoms with Crippen LogP contribution in [0.25, 0.3) is 0 Å². The number of nitrogens with zero attached hydrogens (tertiary/aromatic N) is 1. The molecule has 0 N–H and O–H groups in total. The van der Waals surface area contributed by atoms with Gasteiger partial charge in [0.1, 0.15) is 0 Å². The van der Waals surface area contributed by atoms with E-state index in [9.17, 15) is 0 Å². The van der Waals surface area contributed by atoms with Gasteiger partial charge in [-0.1, -0.05) is 18.9 Å². The molecule has 0 aromatic heterocycles. The second-order valence-electron chi connectivity index (χ2n) is 6.65. The van der Waals surface area contributed by atoms with Crippen LogP contribution in [0.5, 0.6) is 11.5 Å². The lowest BCUT2D eigenvalue weighted by Crippen LogP contribution is -2.43. The summed E-state index contributed by atoms with van der Waals surface area (Å²) in [6, 6.07) is 5.48. The third-order valence-corrected chi connectivity index (χ3v) is 5.48. The van der Waals surface area contributed by atoms with E-state index in [2.05, 4.69) is 11.9 Å². The van der Waals surface area contributed by atoms with Crippen LogP contribution in [0.2, 0.25) is 0 Å². The molecule has 1 aromatic carbocycles. The predicted molar refractivity (Wildman–Crippen MR) is 85.3 cm³/mol. The van der Waals surface area contributed by atoms with E-state index < -0.39 is 5.67 Å². The molecule has 0 amide bonds. The fourth-order valence-corrected chi connectivity index (χ4v) is 4.39. The fraction of sp³-hybridized carbons (Fsp3) is 0.667. The first-order valence-electron chi connectivity index (χ1n) is 8.22. The van der Waals surface area contributed by atoms with E-state index in [0.717, 1.165) is 24.9 Å². The summed E-state index contributed by atoms with van der Waals surface area (Å²) in [6.07, 6.45) is 5.32. The van der Waals surface area contributed by atoms with Gasteiger partial charge in [0.25, 0.3) is 0 Å². The van der Waals surface area contributed by atoms with E-state index in [1.54, 1.807) is 14.2 Å². The maximum Gasteiger partial charge on any atom is 0.161 e. The number of methoxy groups -OCH3 is 2. The van der Waals surface area contributed by atoms with Crippen molar-refractivity contribution in [1.29, 1.82) is 0 Å². The number of likely N-dealkylation sites (tertiary alicyclic amines) is 1. The topological polar surface area (TPSA) is 21.7 Å². The molecule has 4 heteroatoms. The lowest BCUT2D eigenvalue weighted by Gasteiger charge is -2.35. The predicted octanol–water partition coefficient (Wildman–Crippen LogP) is 3.76. The molecular formula is C18H26FNO2. The molecule has 1 aliphatic heterocycles. The van der Waals surface area contributed by atoms with Crippen molar-refractivity contribution in [1.82, 2.24) is 4.90 Å². The largest absolute Gasteiger partial charge is 0.493 e. The van der Waals surface area contributed by atoms with Crippen molar-refractivity contribution in [3.63, 3.8) is 0 Å². The number of hydrogen-bond donors (Lipinski definition) is 0. The summed E-state index contributed by atoms with van der Waals surface area (Å²) in [5.41, 5.74) is -0.560. The number of alkyl halides is 1. The highest BCUT2D eigenvalue weighted by Gasteiger charge is 2.51. The van der Waals surface area contributed by atoms with Crippen molar-refractivity contribution in [3.05, 3.63) is 23.8 Å². The van der Waals surface area contributed by atoms with Crippen LogP contribution in [0.15, 0.2) is 18.2 Å². The summed E-state index contributed by atoms with van der Waals surface area (Å²) in [7, 11) is 5.26. The average molecular weight is 307 g/mol. The van der Waals surface area contributed by atoms with Gasteiger partial charge >= 0.3 is 0 Å². The summed E-state index contributed by atoms with van der Waals surface area (Å²) >= 11 is 0. The minimum atomic E-state index is -1.29. The third kappa shape index (κ3) is 2.47. The highest BCUT2D eigenvalue weighted by molar-refractivity contribution is 5.45. The Labute approximate surface area is 132 Å². The zero-order valence-electron chi connectivity index (χ0n) is 13.8. The van der Waals surface area contributed by atoms with Gasteiger partial charge in [-0.2, -0.15) is 0 Å². The number of ether oxygens (including phenoxy) is 2. The molecule has 1 aliphatic carbocycles. The SMILES string of the molecule is COc1ccc([C@]2(F)CCN(C)C2C2CCCC2)cc1OC. The molecule has 3 nitrogen and oxygen atoms in total. The molecule has 3 rings (SSSR count). The van der Waals surface area contributed by atoms with E-state index in [1.807, 2.05) is 18.2 Å². The number of rotatable bonds is 4. The average Bonchev–Trinajstić information content (AvgIpc) is 3.15. The van der Waals surface area contributed by atoms with Crippen molar-refractivity contribution >= 4 is 0 Å². The first kappa shape index (κ1) is 15.6. The van der Waals surface area contributed by atoms with E-state index in [4.69, 9.17) is 9.47 Å². The standard InChI is InChI=1S/C18H26FNO2/c1-20-11-10-18(19,17(20)13-6-4-5-7-13)14-8-9-15(21-2)16(12-14)22-3/h8-9,12-13,17H,4-7,10-11H2,1-3H3/t17?,18-/m1/s1. The Morgan fingerprint density at radius 2 is 1.82 bits per heavy atom. The summed E-state index contributed by atoms with van der Waals surface area (Å²) in [4.78, 5) is 2.21. The minimum Gasteiger partial charge on any atom is -0.493 e. The lowest BCUT2D eigenvalue weighted by atomic mass is 9.80. The second kappa shape index (κ2) is 6.07. The van der Waals surface area contributed by atoms with Crippen LogP contribution in [-0.4, -0.2) is 38.8 Å². The van der Waals surface area contributed by atoms with Gasteiger partial charge in [-0.3, -0.25) is 4.90 Å². The number of halogens is 1. The van der Waals surface area contributed by atoms with Crippen LogP contribution in [0, 0.1) is 5.92 Å². The molecule has 2 atom stereocenters. The quantitative estimate of drug-likeness (QED) is 0.845. The van der Waals surface area contributed by atoms with Crippen molar-refractivity contribution in [3.8, 4) is 11.5 Å². The third-order valence-electron chi connectivity index (χ3n) is 5.48. The number of benzene rings is 1. The smallest absolute Gasteiger partial charge is 0.161 e. The fourth-order valence-electron chi connectivity index (χ4n) is 4.39. The van der Waals surface area contributed by atoms with Crippen molar-refractivity contribution < 1.29 is 13.9 Å². The Morgan fingerprint density at radius 1 is 1.14 bits per heavy atom. The van der Waals surface area contributed by atoms with Gasteiger partial charge in [0.15, 0.2) is 17.2 Å². The van der Waals surface area contributed by atoms with Crippen molar-refractivity contribution in [2.75, 3.05) is 27.8 Å². The second-order valence-corrected chi connectivity index (χ2v) is 6.65. The number of likely N-dealkylation sites (N-methyl/N-ethyl adjacent to an activating group) is 1. The minimum absolute atomic E-state index is 0.0203. The Balaban J connectivity index is 1.97. The van der Waals surface area contributed by atoms with E-state index in [-0.39, 0.29) is 6.04 Å². The maximum atomic E-state index is 16.0. The normalized spacial score (nSPS) is 29.9. The Bertz CT molecular complexity index is 530. The highest BCUT2D eigenvalue weighted by Crippen LogP contribution is 2.49. The molecule has 1 saturated heterocycles. The molecule has 0 bridgehead atoms. The van der Waals surface area contributed by atoms with Gasteiger partial charge in [0, 0.05) is 6.54 Å². The molecular weight excluding hydrogens is 281 g/mol. The van der Waals surface area contributed by atoms with Gasteiger partial charge in [-0.05, 0) is 49.9 Å². The summed E-state index contributed by atoms with van der Waals surface area (Å²) < 4.78 is 26.7. The van der Waals surface area contributed by atoms with Crippen LogP contribution in [0.1, 0.15) is 37.7 Å². The molecule has 2 aliphatic rings. The molecule has 122 valence electrons. The molecule has 0 spiro atoms. The Hall–Kier alpha value is -1.29. The number of hydrogen-bond acceptors (Lipinski definition) is 3. The van der Waals surface area contributed by atoms with Crippen LogP contribution in [0.4, 0.5) is 4.39 Å². The molecule has 2 fully saturated rings. The van der Waals surface area contributed by atoms with Crippen LogP contribution < -0.4 is 9.47 Å². The molecule has 22 heavy (non-hydrogen) atoms. The molecule has 1 aromatic rings. The lowest BCUT2D eigenvalue weighted by molar-refractivity contribution is 0.0642.